The molecule has 0 bridgehead atoms. The first kappa shape index (κ1) is 24.8. The lowest BCUT2D eigenvalue weighted by molar-refractivity contribution is -0.140. The Labute approximate surface area is 206 Å². The Morgan fingerprint density at radius 2 is 1.94 bits per heavy atom. The van der Waals surface area contributed by atoms with Crippen molar-refractivity contribution < 1.29 is 32.1 Å². The number of benzene rings is 2. The van der Waals surface area contributed by atoms with Gasteiger partial charge in [0.15, 0.2) is 0 Å². The molecule has 3 aromatic rings. The van der Waals surface area contributed by atoms with Gasteiger partial charge in [-0.05, 0) is 68.0 Å². The van der Waals surface area contributed by atoms with Crippen LogP contribution in [0.25, 0.3) is 11.3 Å². The summed E-state index contributed by atoms with van der Waals surface area (Å²) in [6.45, 7) is 1.85. The Morgan fingerprint density at radius 1 is 1.19 bits per heavy atom. The number of nitrogens with zero attached hydrogens (tertiary/aromatic N) is 1. The summed E-state index contributed by atoms with van der Waals surface area (Å²) in [4.78, 5) is 6.45. The molecule has 0 amide bonds. The van der Waals surface area contributed by atoms with E-state index in [1.165, 1.54) is 26.2 Å². The number of hydrogen-bond acceptors (Lipinski definition) is 4. The molecule has 4 atom stereocenters. The summed E-state index contributed by atoms with van der Waals surface area (Å²) in [7, 11) is 1.53. The topological polar surface area (TPSA) is 67.4 Å². The zero-order chi connectivity index (χ0) is 25.7. The zero-order valence-electron chi connectivity index (χ0n) is 20.0. The molecule has 9 heteroatoms. The molecule has 1 aromatic heterocycles. The number of aliphatic hydroxyl groups excluding tert-OH is 1. The van der Waals surface area contributed by atoms with E-state index in [1.807, 2.05) is 0 Å². The minimum atomic E-state index is -4.57. The number of imidazole rings is 1. The zero-order valence-corrected chi connectivity index (χ0v) is 20.0. The Hall–Kier alpha value is -2.91. The molecule has 2 heterocycles. The largest absolute Gasteiger partial charge is 0.496 e. The van der Waals surface area contributed by atoms with E-state index in [0.717, 1.165) is 24.0 Å². The van der Waals surface area contributed by atoms with Crippen LogP contribution < -0.4 is 4.74 Å². The second kappa shape index (κ2) is 9.19. The van der Waals surface area contributed by atoms with Gasteiger partial charge in [-0.3, -0.25) is 0 Å². The predicted octanol–water partition coefficient (Wildman–Crippen LogP) is 5.98. The van der Waals surface area contributed by atoms with Crippen molar-refractivity contribution in [2.24, 2.45) is 5.92 Å². The number of methoxy groups -OCH3 is 1. The summed E-state index contributed by atoms with van der Waals surface area (Å²) in [6.07, 6.45) is -2.46. The number of rotatable bonds is 5. The van der Waals surface area contributed by atoms with Crippen molar-refractivity contribution in [3.05, 3.63) is 70.9 Å². The molecule has 192 valence electrons. The molecule has 1 saturated carbocycles. The number of halogens is 4. The molecule has 2 fully saturated rings. The Kier molecular flexibility index (Phi) is 6.32. The SMILES string of the molecule is COc1ccc(-c2nc(C)[nH]c2C(F)(F)F)cc1[C@H]1CO[C@]2(CC[C@H](CO)[C@H]2c2ccc(F)cc2)C1. The second-order valence-corrected chi connectivity index (χ2v) is 9.79. The van der Waals surface area contributed by atoms with E-state index >= 15 is 0 Å². The summed E-state index contributed by atoms with van der Waals surface area (Å²) in [6, 6.07) is 11.3. The van der Waals surface area contributed by atoms with Crippen molar-refractivity contribution in [1.82, 2.24) is 9.97 Å². The smallest absolute Gasteiger partial charge is 0.433 e. The van der Waals surface area contributed by atoms with Gasteiger partial charge in [-0.15, -0.1) is 0 Å². The number of hydrogen-bond donors (Lipinski definition) is 2. The van der Waals surface area contributed by atoms with Gasteiger partial charge in [0.25, 0.3) is 0 Å². The first-order valence-electron chi connectivity index (χ1n) is 12.0. The fraction of sp³-hybridized carbons (Fsp3) is 0.444. The van der Waals surface area contributed by atoms with Crippen LogP contribution in [0.3, 0.4) is 0 Å². The van der Waals surface area contributed by atoms with Crippen LogP contribution in [0.4, 0.5) is 17.6 Å². The summed E-state index contributed by atoms with van der Waals surface area (Å²) >= 11 is 0. The van der Waals surface area contributed by atoms with Gasteiger partial charge < -0.3 is 19.6 Å². The predicted molar refractivity (Wildman–Crippen MR) is 125 cm³/mol. The number of alkyl halides is 3. The van der Waals surface area contributed by atoms with Gasteiger partial charge in [-0.25, -0.2) is 9.37 Å². The molecule has 1 saturated heterocycles. The minimum Gasteiger partial charge on any atom is -0.496 e. The van der Waals surface area contributed by atoms with Crippen LogP contribution in [0.5, 0.6) is 5.75 Å². The van der Waals surface area contributed by atoms with Crippen LogP contribution in [0.1, 0.15) is 53.7 Å². The van der Waals surface area contributed by atoms with Crippen LogP contribution in [0.15, 0.2) is 42.5 Å². The highest BCUT2D eigenvalue weighted by molar-refractivity contribution is 5.66. The highest BCUT2D eigenvalue weighted by Crippen LogP contribution is 2.57. The first-order valence-corrected chi connectivity index (χ1v) is 12.0. The van der Waals surface area contributed by atoms with E-state index < -0.39 is 17.5 Å². The van der Waals surface area contributed by atoms with Gasteiger partial charge in [0, 0.05) is 29.6 Å². The summed E-state index contributed by atoms with van der Waals surface area (Å²) < 4.78 is 66.5. The summed E-state index contributed by atoms with van der Waals surface area (Å²) in [5.74, 6) is 0.151. The summed E-state index contributed by atoms with van der Waals surface area (Å²) in [5.41, 5.74) is 0.424. The molecule has 2 N–H and O–H groups in total. The number of aliphatic hydroxyl groups is 1. The maximum Gasteiger partial charge on any atom is 0.433 e. The maximum absolute atomic E-state index is 13.6. The van der Waals surface area contributed by atoms with E-state index in [2.05, 4.69) is 9.97 Å². The molecule has 2 aliphatic rings. The Bertz CT molecular complexity index is 1240. The normalized spacial score (nSPS) is 26.1. The minimum absolute atomic E-state index is 0.00461. The van der Waals surface area contributed by atoms with Crippen LogP contribution in [0.2, 0.25) is 0 Å². The molecule has 5 nitrogen and oxygen atoms in total. The average molecular weight is 505 g/mol. The van der Waals surface area contributed by atoms with Gasteiger partial charge in [-0.2, -0.15) is 13.2 Å². The lowest BCUT2D eigenvalue weighted by Crippen LogP contribution is -2.34. The highest BCUT2D eigenvalue weighted by Gasteiger charge is 2.54. The summed E-state index contributed by atoms with van der Waals surface area (Å²) in [5, 5.41) is 10.1. The van der Waals surface area contributed by atoms with Crippen LogP contribution in [-0.4, -0.2) is 41.0 Å². The number of aromatic nitrogens is 2. The van der Waals surface area contributed by atoms with E-state index in [-0.39, 0.29) is 41.7 Å². The molecular formula is C27H28F4N2O3. The molecule has 2 aromatic carbocycles. The number of aromatic amines is 1. The van der Waals surface area contributed by atoms with E-state index in [4.69, 9.17) is 9.47 Å². The van der Waals surface area contributed by atoms with Gasteiger partial charge in [0.05, 0.1) is 19.3 Å². The quantitative estimate of drug-likeness (QED) is 0.420. The third-order valence-corrected chi connectivity index (χ3v) is 7.65. The van der Waals surface area contributed by atoms with Crippen LogP contribution >= 0.6 is 0 Å². The molecule has 1 spiro atoms. The van der Waals surface area contributed by atoms with Gasteiger partial charge in [-0.1, -0.05) is 12.1 Å². The fourth-order valence-electron chi connectivity index (χ4n) is 6.12. The lowest BCUT2D eigenvalue weighted by Gasteiger charge is -2.33. The van der Waals surface area contributed by atoms with E-state index in [1.54, 1.807) is 30.3 Å². The molecular weight excluding hydrogens is 476 g/mol. The average Bonchev–Trinajstić information content (AvgIpc) is 3.56. The molecule has 0 unspecified atom stereocenters. The third kappa shape index (κ3) is 4.28. The number of aryl methyl sites for hydroxylation is 1. The number of nitrogens with one attached hydrogen (secondary N) is 1. The molecule has 36 heavy (non-hydrogen) atoms. The Balaban J connectivity index is 1.51. The van der Waals surface area contributed by atoms with Crippen molar-refractivity contribution in [3.63, 3.8) is 0 Å². The fourth-order valence-corrected chi connectivity index (χ4v) is 6.12. The van der Waals surface area contributed by atoms with Gasteiger partial charge in [0.1, 0.15) is 28.8 Å². The lowest BCUT2D eigenvalue weighted by atomic mass is 9.76. The molecule has 5 rings (SSSR count). The Morgan fingerprint density at radius 3 is 2.61 bits per heavy atom. The monoisotopic (exact) mass is 504 g/mol. The standard InChI is InChI=1S/C27H28F4N2O3/c1-15-32-24(25(33-15)27(29,30)31)17-5-8-22(35-2)21(11-17)19-12-26(36-14-19)10-9-18(13-34)23(26)16-3-6-20(28)7-4-16/h3-8,11,18-19,23,34H,9-10,12-14H2,1-2H3,(H,32,33)/t18-,19-,23-,26-/m1/s1. The van der Waals surface area contributed by atoms with Crippen molar-refractivity contribution in [2.45, 2.75) is 49.8 Å². The third-order valence-electron chi connectivity index (χ3n) is 7.65. The first-order chi connectivity index (χ1) is 17.1. The van der Waals surface area contributed by atoms with Crippen molar-refractivity contribution in [1.29, 1.82) is 0 Å². The highest BCUT2D eigenvalue weighted by atomic mass is 19.4. The van der Waals surface area contributed by atoms with E-state index in [9.17, 15) is 22.7 Å². The van der Waals surface area contributed by atoms with Gasteiger partial charge in [0.2, 0.25) is 0 Å². The van der Waals surface area contributed by atoms with Crippen molar-refractivity contribution in [2.75, 3.05) is 20.3 Å². The van der Waals surface area contributed by atoms with Crippen LogP contribution in [-0.2, 0) is 10.9 Å². The number of H-pyrrole nitrogens is 1. The maximum atomic E-state index is 13.6. The van der Waals surface area contributed by atoms with Gasteiger partial charge >= 0.3 is 6.18 Å². The van der Waals surface area contributed by atoms with Crippen molar-refractivity contribution in [3.8, 4) is 17.0 Å². The van der Waals surface area contributed by atoms with Crippen LogP contribution in [0, 0.1) is 18.7 Å². The van der Waals surface area contributed by atoms with Crippen molar-refractivity contribution >= 4 is 0 Å². The van der Waals surface area contributed by atoms with E-state index in [0.29, 0.717) is 24.3 Å². The second-order valence-electron chi connectivity index (χ2n) is 9.79. The molecule has 1 aliphatic carbocycles. The number of ether oxygens (including phenoxy) is 2. The molecule has 1 aliphatic heterocycles. The molecule has 0 radical (unpaired) electrons.